The summed E-state index contributed by atoms with van der Waals surface area (Å²) in [4.78, 5) is 11.9. The number of hydrogen-bond acceptors (Lipinski definition) is 3. The first kappa shape index (κ1) is 14.6. The van der Waals surface area contributed by atoms with Gasteiger partial charge < -0.3 is 5.32 Å². The standard InChI is InChI=1S/C16H21N5O/c1-21-11-15(19-20-21)18-16(22)17-10-13-8-5-9-14(13)12-6-3-2-4-7-12/h2-4,6-7,11,13-14H,5,8-10H2,1H3,(H2,17,18,22)/t13-,14+/m0/s1. The molecule has 1 aliphatic carbocycles. The molecule has 3 rings (SSSR count). The summed E-state index contributed by atoms with van der Waals surface area (Å²) in [7, 11) is 1.76. The second kappa shape index (κ2) is 6.60. The minimum atomic E-state index is -0.223. The highest BCUT2D eigenvalue weighted by molar-refractivity contribution is 5.87. The van der Waals surface area contributed by atoms with Crippen molar-refractivity contribution >= 4 is 11.8 Å². The van der Waals surface area contributed by atoms with Crippen molar-refractivity contribution in [1.82, 2.24) is 20.3 Å². The molecular formula is C16H21N5O. The minimum absolute atomic E-state index is 0.223. The molecule has 6 heteroatoms. The van der Waals surface area contributed by atoms with Crippen molar-refractivity contribution in [1.29, 1.82) is 0 Å². The molecule has 116 valence electrons. The lowest BCUT2D eigenvalue weighted by molar-refractivity contribution is 0.249. The fourth-order valence-corrected chi connectivity index (χ4v) is 3.21. The van der Waals surface area contributed by atoms with E-state index in [0.29, 0.717) is 24.2 Å². The zero-order valence-corrected chi connectivity index (χ0v) is 12.7. The second-order valence-corrected chi connectivity index (χ2v) is 5.82. The van der Waals surface area contributed by atoms with Crippen LogP contribution in [0.5, 0.6) is 0 Å². The zero-order valence-electron chi connectivity index (χ0n) is 12.7. The number of amides is 2. The van der Waals surface area contributed by atoms with Crippen LogP contribution in [-0.2, 0) is 7.05 Å². The number of urea groups is 1. The van der Waals surface area contributed by atoms with E-state index >= 15 is 0 Å². The van der Waals surface area contributed by atoms with Gasteiger partial charge in [0.25, 0.3) is 0 Å². The highest BCUT2D eigenvalue weighted by atomic mass is 16.2. The third-order valence-corrected chi connectivity index (χ3v) is 4.26. The molecule has 0 saturated heterocycles. The van der Waals surface area contributed by atoms with Gasteiger partial charge in [-0.2, -0.15) is 0 Å². The van der Waals surface area contributed by atoms with Gasteiger partial charge >= 0.3 is 6.03 Å². The van der Waals surface area contributed by atoms with Crippen LogP contribution < -0.4 is 10.6 Å². The van der Waals surface area contributed by atoms with Crippen molar-refractivity contribution < 1.29 is 4.79 Å². The van der Waals surface area contributed by atoms with Crippen LogP contribution >= 0.6 is 0 Å². The van der Waals surface area contributed by atoms with E-state index in [0.717, 1.165) is 6.42 Å². The van der Waals surface area contributed by atoms with Crippen molar-refractivity contribution in [3.05, 3.63) is 42.1 Å². The van der Waals surface area contributed by atoms with Gasteiger partial charge in [-0.15, -0.1) is 5.10 Å². The summed E-state index contributed by atoms with van der Waals surface area (Å²) >= 11 is 0. The van der Waals surface area contributed by atoms with Gasteiger partial charge in [-0.3, -0.25) is 10.00 Å². The Kier molecular flexibility index (Phi) is 4.37. The number of rotatable bonds is 4. The topological polar surface area (TPSA) is 71.8 Å². The highest BCUT2D eigenvalue weighted by Crippen LogP contribution is 2.39. The molecule has 1 aliphatic rings. The molecule has 1 aromatic carbocycles. The lowest BCUT2D eigenvalue weighted by Crippen LogP contribution is -2.33. The maximum Gasteiger partial charge on any atom is 0.320 e. The van der Waals surface area contributed by atoms with Crippen molar-refractivity contribution in [2.45, 2.75) is 25.2 Å². The number of carbonyl (C=O) groups excluding carboxylic acids is 1. The number of nitrogens with one attached hydrogen (secondary N) is 2. The Hall–Kier alpha value is -2.37. The number of benzene rings is 1. The van der Waals surface area contributed by atoms with Crippen LogP contribution in [0.15, 0.2) is 36.5 Å². The van der Waals surface area contributed by atoms with E-state index in [4.69, 9.17) is 0 Å². The molecule has 2 atom stereocenters. The summed E-state index contributed by atoms with van der Waals surface area (Å²) in [5.41, 5.74) is 1.38. The molecule has 22 heavy (non-hydrogen) atoms. The monoisotopic (exact) mass is 299 g/mol. The van der Waals surface area contributed by atoms with Crippen molar-refractivity contribution in [3.63, 3.8) is 0 Å². The number of aromatic nitrogens is 3. The molecule has 1 fully saturated rings. The summed E-state index contributed by atoms with van der Waals surface area (Å²) in [5.74, 6) is 1.50. The average molecular weight is 299 g/mol. The molecule has 2 aromatic rings. The molecule has 0 radical (unpaired) electrons. The summed E-state index contributed by atoms with van der Waals surface area (Å²) in [5, 5.41) is 13.3. The number of aryl methyl sites for hydroxylation is 1. The summed E-state index contributed by atoms with van der Waals surface area (Å²) in [6.45, 7) is 0.686. The Bertz CT molecular complexity index is 624. The fraction of sp³-hybridized carbons (Fsp3) is 0.438. The van der Waals surface area contributed by atoms with Crippen LogP contribution in [0.2, 0.25) is 0 Å². The normalized spacial score (nSPS) is 20.8. The largest absolute Gasteiger partial charge is 0.338 e. The van der Waals surface area contributed by atoms with E-state index in [1.165, 1.54) is 18.4 Å². The summed E-state index contributed by atoms with van der Waals surface area (Å²) in [6.07, 6.45) is 5.24. The van der Waals surface area contributed by atoms with E-state index in [9.17, 15) is 4.79 Å². The molecule has 0 unspecified atom stereocenters. The first-order valence-corrected chi connectivity index (χ1v) is 7.68. The molecule has 2 N–H and O–H groups in total. The molecular weight excluding hydrogens is 278 g/mol. The smallest absolute Gasteiger partial charge is 0.320 e. The molecule has 1 saturated carbocycles. The van der Waals surface area contributed by atoms with E-state index in [1.807, 2.05) is 6.07 Å². The number of hydrogen-bond donors (Lipinski definition) is 2. The quantitative estimate of drug-likeness (QED) is 0.911. The fourth-order valence-electron chi connectivity index (χ4n) is 3.21. The van der Waals surface area contributed by atoms with Gasteiger partial charge in [0.1, 0.15) is 0 Å². The van der Waals surface area contributed by atoms with Crippen LogP contribution in [0.4, 0.5) is 10.6 Å². The van der Waals surface area contributed by atoms with Crippen LogP contribution in [0.3, 0.4) is 0 Å². The molecule has 1 heterocycles. The van der Waals surface area contributed by atoms with Crippen molar-refractivity contribution in [3.8, 4) is 0 Å². The number of carbonyl (C=O) groups is 1. The van der Waals surface area contributed by atoms with Gasteiger partial charge in [0.15, 0.2) is 5.82 Å². The van der Waals surface area contributed by atoms with Gasteiger partial charge in [0.2, 0.25) is 0 Å². The minimum Gasteiger partial charge on any atom is -0.338 e. The van der Waals surface area contributed by atoms with Crippen LogP contribution in [0, 0.1) is 5.92 Å². The highest BCUT2D eigenvalue weighted by Gasteiger charge is 2.28. The van der Waals surface area contributed by atoms with Crippen LogP contribution in [0.25, 0.3) is 0 Å². The predicted octanol–water partition coefficient (Wildman–Crippen LogP) is 2.52. The maximum absolute atomic E-state index is 11.9. The molecule has 2 amide bonds. The molecule has 6 nitrogen and oxygen atoms in total. The average Bonchev–Trinajstić information content (AvgIpc) is 3.15. The van der Waals surface area contributed by atoms with Gasteiger partial charge in [-0.05, 0) is 30.2 Å². The van der Waals surface area contributed by atoms with E-state index in [1.54, 1.807) is 17.9 Å². The third-order valence-electron chi connectivity index (χ3n) is 4.26. The second-order valence-electron chi connectivity index (χ2n) is 5.82. The zero-order chi connectivity index (χ0) is 15.4. The van der Waals surface area contributed by atoms with Gasteiger partial charge in [0.05, 0.1) is 6.20 Å². The van der Waals surface area contributed by atoms with Crippen LogP contribution in [0.1, 0.15) is 30.7 Å². The lowest BCUT2D eigenvalue weighted by atomic mass is 9.89. The van der Waals surface area contributed by atoms with E-state index < -0.39 is 0 Å². The van der Waals surface area contributed by atoms with Crippen molar-refractivity contribution in [2.75, 3.05) is 11.9 Å². The van der Waals surface area contributed by atoms with Gasteiger partial charge in [-0.1, -0.05) is 42.0 Å². The summed E-state index contributed by atoms with van der Waals surface area (Å²) < 4.78 is 1.55. The van der Waals surface area contributed by atoms with Gasteiger partial charge in [-0.25, -0.2) is 4.79 Å². The Morgan fingerprint density at radius 2 is 2.14 bits per heavy atom. The molecule has 0 aliphatic heterocycles. The van der Waals surface area contributed by atoms with Crippen molar-refractivity contribution in [2.24, 2.45) is 13.0 Å². The first-order chi connectivity index (χ1) is 10.7. The molecule has 0 bridgehead atoms. The predicted molar refractivity (Wildman–Crippen MR) is 84.5 cm³/mol. The SMILES string of the molecule is Cn1cc(NC(=O)NC[C@@H]2CCC[C@@H]2c2ccccc2)nn1. The Balaban J connectivity index is 1.53. The number of anilines is 1. The Morgan fingerprint density at radius 3 is 2.86 bits per heavy atom. The lowest BCUT2D eigenvalue weighted by Gasteiger charge is -2.20. The Morgan fingerprint density at radius 1 is 1.32 bits per heavy atom. The maximum atomic E-state index is 11.9. The molecule has 0 spiro atoms. The van der Waals surface area contributed by atoms with Crippen LogP contribution in [-0.4, -0.2) is 27.6 Å². The first-order valence-electron chi connectivity index (χ1n) is 7.68. The number of nitrogens with zero attached hydrogens (tertiary/aromatic N) is 3. The molecule has 1 aromatic heterocycles. The van der Waals surface area contributed by atoms with Gasteiger partial charge in [0, 0.05) is 13.6 Å². The van der Waals surface area contributed by atoms with E-state index in [2.05, 4.69) is 45.2 Å². The Labute approximate surface area is 129 Å². The summed E-state index contributed by atoms with van der Waals surface area (Å²) in [6, 6.07) is 10.3. The third kappa shape index (κ3) is 3.44. The van der Waals surface area contributed by atoms with E-state index in [-0.39, 0.29) is 6.03 Å².